The number of rotatable bonds is 7. The fourth-order valence-corrected chi connectivity index (χ4v) is 18.2. The maximum absolute atomic E-state index is 15.6. The topological polar surface area (TPSA) is 117 Å². The van der Waals surface area contributed by atoms with E-state index in [4.69, 9.17) is 9.47 Å². The highest BCUT2D eigenvalue weighted by Gasteiger charge is 2.75. The monoisotopic (exact) mass is 909 g/mol. The van der Waals surface area contributed by atoms with Gasteiger partial charge in [0.2, 0.25) is 0 Å². The van der Waals surface area contributed by atoms with E-state index >= 15 is 9.59 Å². The van der Waals surface area contributed by atoms with E-state index in [0.29, 0.717) is 56.3 Å². The largest absolute Gasteiger partial charge is 0.392 e. The number of aryl methyl sites for hydroxylation is 2. The molecule has 1 aromatic carbocycles. The smallest absolute Gasteiger partial charge is 0.160 e. The number of ether oxygens (including phenoxy) is 2. The molecule has 6 heterocycles. The Kier molecular flexibility index (Phi) is 10.0. The first-order valence-electron chi connectivity index (χ1n) is 26.6. The summed E-state index contributed by atoms with van der Waals surface area (Å²) >= 11 is 0. The quantitative estimate of drug-likeness (QED) is 0.161. The van der Waals surface area contributed by atoms with Crippen LogP contribution in [0.3, 0.4) is 0 Å². The van der Waals surface area contributed by atoms with Gasteiger partial charge in [-0.2, -0.15) is 0 Å². The zero-order chi connectivity index (χ0) is 46.8. The molecular formula is C59H76N2O6. The molecule has 0 amide bonds. The molecule has 2 saturated heterocycles. The predicted molar refractivity (Wildman–Crippen MR) is 260 cm³/mol. The molecule has 3 bridgehead atoms. The van der Waals surface area contributed by atoms with Gasteiger partial charge in [0.25, 0.3) is 0 Å². The lowest BCUT2D eigenvalue weighted by atomic mass is 9.32. The first-order valence-corrected chi connectivity index (χ1v) is 26.6. The SMILES string of the molecule is Cc1cc(Cc2c3n4c5c(c[nH]c25)CC[C@@](C)(C[C@@H](O)[C@H]2OC2(C)C)C2=C5[C@@H](C4)[C@@H](O)[C@@H]4[C@]6(C)[C@H](C#CC3)CC(=O)[C@@](C)(C3CCCC3)[C@@H]6CC[C@]4(C)[C@@]5(C)CC2=O)cc(C2CCOCC2)c1. The number of carbonyl (C=O) groups is 2. The van der Waals surface area contributed by atoms with Crippen LogP contribution in [0.25, 0.3) is 11.0 Å². The van der Waals surface area contributed by atoms with E-state index in [1.54, 1.807) is 0 Å². The number of H-pyrrole nitrogens is 1. The normalized spacial score (nSPS) is 40.6. The molecule has 67 heavy (non-hydrogen) atoms. The molecule has 6 fully saturated rings. The fourth-order valence-electron chi connectivity index (χ4n) is 18.2. The molecule has 8 nitrogen and oxygen atoms in total. The van der Waals surface area contributed by atoms with Crippen molar-refractivity contribution in [3.8, 4) is 11.8 Å². The van der Waals surface area contributed by atoms with Gasteiger partial charge < -0.3 is 29.2 Å². The van der Waals surface area contributed by atoms with Crippen molar-refractivity contribution in [2.45, 2.75) is 188 Å². The van der Waals surface area contributed by atoms with Crippen molar-refractivity contribution in [2.24, 2.45) is 56.7 Å². The lowest BCUT2D eigenvalue weighted by molar-refractivity contribution is -0.236. The Labute approximate surface area is 398 Å². The number of nitrogens with one attached hydrogen (secondary N) is 1. The third-order valence-electron chi connectivity index (χ3n) is 21.7. The second kappa shape index (κ2) is 15.0. The Morgan fingerprint density at radius 3 is 2.45 bits per heavy atom. The number of carbonyl (C=O) groups excluding carboxylic acids is 2. The van der Waals surface area contributed by atoms with Crippen molar-refractivity contribution in [2.75, 3.05) is 13.2 Å². The molecule has 3 N–H and O–H groups in total. The van der Waals surface area contributed by atoms with Crippen LogP contribution in [0, 0.1) is 75.4 Å². The van der Waals surface area contributed by atoms with E-state index in [1.165, 1.54) is 51.9 Å². The highest BCUT2D eigenvalue weighted by atomic mass is 16.6. The summed E-state index contributed by atoms with van der Waals surface area (Å²) in [5.41, 5.74) is 9.07. The van der Waals surface area contributed by atoms with Crippen LogP contribution in [-0.4, -0.2) is 68.5 Å². The van der Waals surface area contributed by atoms with Crippen LogP contribution in [-0.2, 0) is 44.9 Å². The minimum atomic E-state index is -0.764. The van der Waals surface area contributed by atoms with Crippen molar-refractivity contribution in [1.82, 2.24) is 9.55 Å². The van der Waals surface area contributed by atoms with Crippen molar-refractivity contribution in [3.05, 3.63) is 69.1 Å². The number of nitrogens with zero attached hydrogens (tertiary/aromatic N) is 1. The van der Waals surface area contributed by atoms with Gasteiger partial charge in [-0.3, -0.25) is 9.59 Å². The average molecular weight is 909 g/mol. The summed E-state index contributed by atoms with van der Waals surface area (Å²) in [7, 11) is 0. The highest BCUT2D eigenvalue weighted by molar-refractivity contribution is 6.02. The number of aliphatic hydroxyl groups excluding tert-OH is 2. The number of aromatic nitrogens is 2. The number of ketones is 2. The third kappa shape index (κ3) is 6.18. The molecule has 12 atom stereocenters. The van der Waals surface area contributed by atoms with Crippen molar-refractivity contribution in [1.29, 1.82) is 0 Å². The number of epoxide rings is 1. The van der Waals surface area contributed by atoms with Crippen LogP contribution < -0.4 is 0 Å². The van der Waals surface area contributed by atoms with Crippen LogP contribution in [0.4, 0.5) is 0 Å². The number of allylic oxidation sites excluding steroid dienone is 1. The molecule has 0 unspecified atom stereocenters. The predicted octanol–water partition coefficient (Wildman–Crippen LogP) is 10.3. The molecule has 3 aromatic rings. The Morgan fingerprint density at radius 2 is 1.72 bits per heavy atom. The van der Waals surface area contributed by atoms with E-state index in [-0.39, 0.29) is 35.6 Å². The zero-order valence-corrected chi connectivity index (χ0v) is 41.7. The molecule has 358 valence electrons. The molecule has 2 aromatic heterocycles. The molecule has 9 aliphatic rings. The van der Waals surface area contributed by atoms with E-state index in [0.717, 1.165) is 81.2 Å². The van der Waals surface area contributed by atoms with Gasteiger partial charge in [-0.25, -0.2) is 0 Å². The van der Waals surface area contributed by atoms with Crippen molar-refractivity contribution >= 4 is 22.6 Å². The molecule has 8 heteroatoms. The molecule has 12 rings (SSSR count). The van der Waals surface area contributed by atoms with E-state index in [9.17, 15) is 10.2 Å². The lowest BCUT2D eigenvalue weighted by Gasteiger charge is -2.71. The number of benzene rings is 1. The number of hydrogen-bond donors (Lipinski definition) is 3. The summed E-state index contributed by atoms with van der Waals surface area (Å²) in [5, 5.41) is 26.2. The van der Waals surface area contributed by atoms with Gasteiger partial charge >= 0.3 is 0 Å². The summed E-state index contributed by atoms with van der Waals surface area (Å²) in [6.07, 6.45) is 12.8. The van der Waals surface area contributed by atoms with Gasteiger partial charge in [0, 0.05) is 91.1 Å². The van der Waals surface area contributed by atoms with E-state index < -0.39 is 44.9 Å². The van der Waals surface area contributed by atoms with Crippen LogP contribution >= 0.6 is 0 Å². The summed E-state index contributed by atoms with van der Waals surface area (Å²) < 4.78 is 14.4. The Morgan fingerprint density at radius 1 is 0.970 bits per heavy atom. The maximum Gasteiger partial charge on any atom is 0.160 e. The number of aromatic amines is 1. The first-order chi connectivity index (χ1) is 31.8. The van der Waals surface area contributed by atoms with Gasteiger partial charge in [-0.1, -0.05) is 83.1 Å². The Bertz CT molecular complexity index is 2680. The second-order valence-electron chi connectivity index (χ2n) is 25.5. The number of Topliss-reactive ketones (excluding diaryl/α,β-unsaturated/α-hetero) is 2. The average Bonchev–Trinajstić information content (AvgIpc) is 3.79. The first kappa shape index (κ1) is 44.7. The molecule has 5 aliphatic carbocycles. The summed E-state index contributed by atoms with van der Waals surface area (Å²) in [4.78, 5) is 34.5. The minimum absolute atomic E-state index is 0.0911. The Balaban J connectivity index is 1.09. The van der Waals surface area contributed by atoms with E-state index in [2.05, 4.69) is 87.3 Å². The van der Waals surface area contributed by atoms with Gasteiger partial charge in [0.1, 0.15) is 11.9 Å². The molecule has 4 aliphatic heterocycles. The van der Waals surface area contributed by atoms with Crippen molar-refractivity contribution in [3.63, 3.8) is 0 Å². The highest BCUT2D eigenvalue weighted by Crippen LogP contribution is 2.77. The van der Waals surface area contributed by atoms with Crippen LogP contribution in [0.1, 0.15) is 165 Å². The number of fused-ring (bicyclic) bond motifs is 1. The van der Waals surface area contributed by atoms with Gasteiger partial charge in [-0.05, 0) is 141 Å². The standard InChI is InChI=1S/C59H76N2O6/c1-33-24-34(26-37(25-33)35-18-22-66-23-19-35)27-40-42-15-11-14-39-28-46(64)58(7,38-12-9-10-13-38)45-17-21-56(5)52(59(39,45)8)51(65)41-32-61(42)50-36(31-60-49(40)50)16-20-55(4,29-44(63)53-54(2,3)67-53)48-43(62)30-57(56,6)47(41)48/h24-26,31,35,38-39,41,44-45,51-53,60,63,65H,9-10,12-13,15-23,27-30,32H2,1-8H3/t39-,41-,44-,45+,51-,52+,53-,55+,56+,57+,58+,59-/m1/s1. The summed E-state index contributed by atoms with van der Waals surface area (Å²) in [6.45, 7) is 20.3. The van der Waals surface area contributed by atoms with E-state index in [1.807, 2.05) is 13.8 Å². The summed E-state index contributed by atoms with van der Waals surface area (Å²) in [6, 6.07) is 7.16. The van der Waals surface area contributed by atoms with Crippen LogP contribution in [0.5, 0.6) is 0 Å². The Hall–Kier alpha value is -3.48. The summed E-state index contributed by atoms with van der Waals surface area (Å²) in [5.74, 6) is 8.56. The van der Waals surface area contributed by atoms with Gasteiger partial charge in [0.15, 0.2) is 5.78 Å². The minimum Gasteiger partial charge on any atom is -0.392 e. The van der Waals surface area contributed by atoms with Gasteiger partial charge in [-0.15, -0.1) is 0 Å². The van der Waals surface area contributed by atoms with Crippen LogP contribution in [0.2, 0.25) is 0 Å². The molecular weight excluding hydrogens is 833 g/mol. The fraction of sp³-hybridized carbons (Fsp3) is 0.695. The second-order valence-corrected chi connectivity index (χ2v) is 25.5. The van der Waals surface area contributed by atoms with Crippen LogP contribution in [0.15, 0.2) is 35.5 Å². The van der Waals surface area contributed by atoms with Crippen molar-refractivity contribution < 1.29 is 29.3 Å². The number of hydrogen-bond acceptors (Lipinski definition) is 6. The zero-order valence-electron chi connectivity index (χ0n) is 41.7. The lowest BCUT2D eigenvalue weighted by Crippen LogP contribution is -2.70. The van der Waals surface area contributed by atoms with Gasteiger partial charge in [0.05, 0.1) is 28.8 Å². The molecule has 4 saturated carbocycles. The third-order valence-corrected chi connectivity index (χ3v) is 21.7. The molecule has 0 spiro atoms. The number of aliphatic hydroxyl groups is 2. The molecule has 0 radical (unpaired) electrons. The maximum atomic E-state index is 15.6.